The largest absolute Gasteiger partial charge is 0.465 e. The minimum atomic E-state index is -0.0445. The SMILES string of the molecule is CCOC(=O)C1NC[C@H]2CCC[C@H]12. The van der Waals surface area contributed by atoms with E-state index in [9.17, 15) is 4.79 Å². The lowest BCUT2D eigenvalue weighted by atomic mass is 9.94. The van der Waals surface area contributed by atoms with Gasteiger partial charge in [-0.15, -0.1) is 0 Å². The summed E-state index contributed by atoms with van der Waals surface area (Å²) in [5.41, 5.74) is 0. The van der Waals surface area contributed by atoms with Crippen molar-refractivity contribution in [2.75, 3.05) is 13.2 Å². The van der Waals surface area contributed by atoms with Crippen molar-refractivity contribution in [1.29, 1.82) is 0 Å². The molecule has 2 fully saturated rings. The van der Waals surface area contributed by atoms with Gasteiger partial charge in [-0.1, -0.05) is 6.42 Å². The Labute approximate surface area is 78.8 Å². The molecule has 3 heteroatoms. The second-order valence-electron chi connectivity index (χ2n) is 3.99. The highest BCUT2D eigenvalue weighted by molar-refractivity contribution is 5.76. The molecule has 0 bridgehead atoms. The second kappa shape index (κ2) is 3.66. The highest BCUT2D eigenvalue weighted by Gasteiger charge is 2.42. The molecule has 0 amide bonds. The second-order valence-corrected chi connectivity index (χ2v) is 3.99. The first-order chi connectivity index (χ1) is 6.33. The Hall–Kier alpha value is -0.570. The standard InChI is InChI=1S/C10H17NO2/c1-2-13-10(12)9-8-5-3-4-7(8)6-11-9/h7-9,11H,2-6H2,1H3/t7-,8+,9?/m1/s1. The molecule has 0 aromatic rings. The molecule has 1 aliphatic heterocycles. The van der Waals surface area contributed by atoms with Crippen LogP contribution in [0.25, 0.3) is 0 Å². The Kier molecular flexibility index (Phi) is 2.54. The summed E-state index contributed by atoms with van der Waals surface area (Å²) in [5, 5.41) is 3.27. The zero-order valence-electron chi connectivity index (χ0n) is 8.08. The van der Waals surface area contributed by atoms with Gasteiger partial charge in [-0.25, -0.2) is 0 Å². The molecule has 2 rings (SSSR count). The molecular weight excluding hydrogens is 166 g/mol. The van der Waals surface area contributed by atoms with Crippen LogP contribution >= 0.6 is 0 Å². The van der Waals surface area contributed by atoms with E-state index in [1.165, 1.54) is 19.3 Å². The summed E-state index contributed by atoms with van der Waals surface area (Å²) in [4.78, 5) is 11.5. The topological polar surface area (TPSA) is 38.3 Å². The number of ether oxygens (including phenoxy) is 1. The highest BCUT2D eigenvalue weighted by atomic mass is 16.5. The van der Waals surface area contributed by atoms with Gasteiger partial charge in [0, 0.05) is 0 Å². The lowest BCUT2D eigenvalue weighted by molar-refractivity contribution is -0.146. The van der Waals surface area contributed by atoms with Crippen LogP contribution in [-0.2, 0) is 9.53 Å². The van der Waals surface area contributed by atoms with E-state index in [1.54, 1.807) is 0 Å². The average Bonchev–Trinajstić information content (AvgIpc) is 2.62. The molecule has 1 unspecified atom stereocenters. The number of fused-ring (bicyclic) bond motifs is 1. The zero-order valence-corrected chi connectivity index (χ0v) is 8.08. The van der Waals surface area contributed by atoms with Crippen molar-refractivity contribution < 1.29 is 9.53 Å². The van der Waals surface area contributed by atoms with Crippen molar-refractivity contribution >= 4 is 5.97 Å². The molecule has 1 N–H and O–H groups in total. The van der Waals surface area contributed by atoms with Gasteiger partial charge >= 0.3 is 5.97 Å². The predicted octanol–water partition coefficient (Wildman–Crippen LogP) is 0.938. The molecule has 0 aromatic carbocycles. The van der Waals surface area contributed by atoms with Gasteiger partial charge in [-0.05, 0) is 38.1 Å². The minimum Gasteiger partial charge on any atom is -0.465 e. The Bertz CT molecular complexity index is 205. The third-order valence-corrected chi connectivity index (χ3v) is 3.29. The van der Waals surface area contributed by atoms with Gasteiger partial charge in [-0.3, -0.25) is 4.79 Å². The number of esters is 1. The maximum Gasteiger partial charge on any atom is 0.323 e. The Balaban J connectivity index is 1.96. The summed E-state index contributed by atoms with van der Waals surface area (Å²) in [6.07, 6.45) is 3.77. The Morgan fingerprint density at radius 2 is 2.38 bits per heavy atom. The molecule has 1 saturated heterocycles. The lowest BCUT2D eigenvalue weighted by Gasteiger charge is -2.15. The number of carbonyl (C=O) groups excluding carboxylic acids is 1. The molecule has 1 heterocycles. The summed E-state index contributed by atoms with van der Waals surface area (Å²) >= 11 is 0. The van der Waals surface area contributed by atoms with Crippen LogP contribution in [0.1, 0.15) is 26.2 Å². The van der Waals surface area contributed by atoms with Gasteiger partial charge in [0.25, 0.3) is 0 Å². The fraction of sp³-hybridized carbons (Fsp3) is 0.900. The maximum atomic E-state index is 11.5. The first-order valence-electron chi connectivity index (χ1n) is 5.23. The summed E-state index contributed by atoms with van der Waals surface area (Å²) in [5.74, 6) is 1.24. The maximum absolute atomic E-state index is 11.5. The molecule has 1 aliphatic carbocycles. The van der Waals surface area contributed by atoms with Crippen LogP contribution in [0.2, 0.25) is 0 Å². The fourth-order valence-corrected chi connectivity index (χ4v) is 2.68. The molecular formula is C10H17NO2. The van der Waals surface area contributed by atoms with E-state index in [0.717, 1.165) is 12.5 Å². The van der Waals surface area contributed by atoms with Gasteiger partial charge in [0.15, 0.2) is 0 Å². The Morgan fingerprint density at radius 1 is 1.54 bits per heavy atom. The van der Waals surface area contributed by atoms with Crippen LogP contribution < -0.4 is 5.32 Å². The van der Waals surface area contributed by atoms with Crippen LogP contribution in [-0.4, -0.2) is 25.2 Å². The third-order valence-electron chi connectivity index (χ3n) is 3.29. The molecule has 1 saturated carbocycles. The van der Waals surface area contributed by atoms with Crippen LogP contribution in [0.5, 0.6) is 0 Å². The van der Waals surface area contributed by atoms with Crippen molar-refractivity contribution in [3.8, 4) is 0 Å². The van der Waals surface area contributed by atoms with E-state index in [-0.39, 0.29) is 12.0 Å². The van der Waals surface area contributed by atoms with E-state index in [1.807, 2.05) is 6.92 Å². The highest BCUT2D eigenvalue weighted by Crippen LogP contribution is 2.37. The molecule has 13 heavy (non-hydrogen) atoms. The lowest BCUT2D eigenvalue weighted by Crippen LogP contribution is -2.37. The van der Waals surface area contributed by atoms with Gasteiger partial charge in [-0.2, -0.15) is 0 Å². The van der Waals surface area contributed by atoms with Gasteiger partial charge < -0.3 is 10.1 Å². The smallest absolute Gasteiger partial charge is 0.323 e. The van der Waals surface area contributed by atoms with Crippen molar-refractivity contribution in [1.82, 2.24) is 5.32 Å². The minimum absolute atomic E-state index is 0.00699. The van der Waals surface area contributed by atoms with Crippen molar-refractivity contribution in [2.24, 2.45) is 11.8 Å². The number of hydrogen-bond acceptors (Lipinski definition) is 3. The number of nitrogens with one attached hydrogen (secondary N) is 1. The van der Waals surface area contributed by atoms with Gasteiger partial charge in [0.2, 0.25) is 0 Å². The first kappa shape index (κ1) is 9.00. The predicted molar refractivity (Wildman–Crippen MR) is 49.3 cm³/mol. The summed E-state index contributed by atoms with van der Waals surface area (Å²) in [6.45, 7) is 3.36. The first-order valence-corrected chi connectivity index (χ1v) is 5.23. The zero-order chi connectivity index (χ0) is 9.26. The summed E-state index contributed by atoms with van der Waals surface area (Å²) < 4.78 is 5.03. The number of rotatable bonds is 2. The summed E-state index contributed by atoms with van der Waals surface area (Å²) in [7, 11) is 0. The van der Waals surface area contributed by atoms with Crippen LogP contribution in [0.3, 0.4) is 0 Å². The van der Waals surface area contributed by atoms with E-state index in [4.69, 9.17) is 4.74 Å². The molecule has 0 aromatic heterocycles. The number of carbonyl (C=O) groups is 1. The monoisotopic (exact) mass is 183 g/mol. The Morgan fingerprint density at radius 3 is 3.15 bits per heavy atom. The van der Waals surface area contributed by atoms with Crippen LogP contribution in [0.15, 0.2) is 0 Å². The quantitative estimate of drug-likeness (QED) is 0.647. The van der Waals surface area contributed by atoms with E-state index in [0.29, 0.717) is 12.5 Å². The fourth-order valence-electron chi connectivity index (χ4n) is 2.68. The molecule has 3 atom stereocenters. The molecule has 3 nitrogen and oxygen atoms in total. The van der Waals surface area contributed by atoms with Crippen molar-refractivity contribution in [2.45, 2.75) is 32.2 Å². The number of hydrogen-bond donors (Lipinski definition) is 1. The van der Waals surface area contributed by atoms with Gasteiger partial charge in [0.1, 0.15) is 6.04 Å². The third kappa shape index (κ3) is 1.57. The van der Waals surface area contributed by atoms with Crippen LogP contribution in [0.4, 0.5) is 0 Å². The molecule has 74 valence electrons. The van der Waals surface area contributed by atoms with Crippen LogP contribution in [0, 0.1) is 11.8 Å². The van der Waals surface area contributed by atoms with Crippen molar-refractivity contribution in [3.63, 3.8) is 0 Å². The molecule has 0 spiro atoms. The summed E-state index contributed by atoms with van der Waals surface area (Å²) in [6, 6.07) is -0.00699. The molecule has 0 radical (unpaired) electrons. The van der Waals surface area contributed by atoms with Gasteiger partial charge in [0.05, 0.1) is 6.61 Å². The van der Waals surface area contributed by atoms with E-state index >= 15 is 0 Å². The normalized spacial score (nSPS) is 37.5. The van der Waals surface area contributed by atoms with E-state index < -0.39 is 0 Å². The molecule has 2 aliphatic rings. The van der Waals surface area contributed by atoms with E-state index in [2.05, 4.69) is 5.32 Å². The van der Waals surface area contributed by atoms with Crippen molar-refractivity contribution in [3.05, 3.63) is 0 Å². The average molecular weight is 183 g/mol.